The molecule has 0 amide bonds. The summed E-state index contributed by atoms with van der Waals surface area (Å²) in [4.78, 5) is 11.7. The molecule has 1 unspecified atom stereocenters. The van der Waals surface area contributed by atoms with E-state index in [2.05, 4.69) is 0 Å². The van der Waals surface area contributed by atoms with Crippen molar-refractivity contribution in [2.24, 2.45) is 0 Å². The van der Waals surface area contributed by atoms with Crippen LogP contribution in [0.25, 0.3) is 0 Å². The number of phosphoric acid groups is 1. The second-order valence-corrected chi connectivity index (χ2v) is 6.29. The van der Waals surface area contributed by atoms with Gasteiger partial charge in [-0.25, -0.2) is 4.57 Å². The van der Waals surface area contributed by atoms with Gasteiger partial charge in [0.15, 0.2) is 5.78 Å². The summed E-state index contributed by atoms with van der Waals surface area (Å²) in [6, 6.07) is 17.1. The third-order valence-electron chi connectivity index (χ3n) is 3.01. The third-order valence-corrected chi connectivity index (χ3v) is 4.45. The van der Waals surface area contributed by atoms with E-state index in [4.69, 9.17) is 13.6 Å². The molecule has 122 valence electrons. The maximum atomic E-state index is 13.0. The summed E-state index contributed by atoms with van der Waals surface area (Å²) < 4.78 is 29.2. The Morgan fingerprint density at radius 1 is 0.957 bits per heavy atom. The summed E-state index contributed by atoms with van der Waals surface area (Å²) in [6.07, 6.45) is -0.615. The van der Waals surface area contributed by atoms with Crippen LogP contribution < -0.4 is 9.05 Å². The molecule has 0 heterocycles. The Morgan fingerprint density at radius 3 is 1.78 bits per heavy atom. The Bertz CT molecular complexity index is 626. The number of para-hydroxylation sites is 2. The molecule has 0 N–H and O–H groups in total. The lowest BCUT2D eigenvalue weighted by atomic mass is 10.2. The third kappa shape index (κ3) is 5.23. The van der Waals surface area contributed by atoms with E-state index in [1.54, 1.807) is 67.6 Å². The van der Waals surface area contributed by atoms with Crippen molar-refractivity contribution < 1.29 is 22.9 Å². The molecule has 2 aromatic rings. The molecule has 6 heteroatoms. The van der Waals surface area contributed by atoms with Crippen molar-refractivity contribution in [2.45, 2.75) is 26.4 Å². The van der Waals surface area contributed by atoms with Gasteiger partial charge in [-0.15, -0.1) is 0 Å². The lowest BCUT2D eigenvalue weighted by molar-refractivity contribution is -0.125. The van der Waals surface area contributed by atoms with Gasteiger partial charge >= 0.3 is 7.82 Å². The van der Waals surface area contributed by atoms with E-state index in [1.807, 2.05) is 0 Å². The predicted octanol–water partition coefficient (Wildman–Crippen LogP) is 4.64. The highest BCUT2D eigenvalue weighted by atomic mass is 31.2. The zero-order chi connectivity index (χ0) is 16.7. The Hall–Kier alpha value is -2.10. The molecule has 0 saturated carbocycles. The SMILES string of the molecule is CCC(=O)C(C)OP(=O)(Oc1ccccc1)Oc1ccccc1. The fourth-order valence-corrected chi connectivity index (χ4v) is 3.21. The van der Waals surface area contributed by atoms with E-state index in [0.717, 1.165) is 0 Å². The van der Waals surface area contributed by atoms with Crippen LogP contribution in [0.5, 0.6) is 11.5 Å². The van der Waals surface area contributed by atoms with Crippen molar-refractivity contribution in [1.82, 2.24) is 0 Å². The number of rotatable bonds is 8. The first kappa shape index (κ1) is 17.3. The molecule has 0 aliphatic carbocycles. The molecule has 5 nitrogen and oxygen atoms in total. The molecule has 1 atom stereocenters. The molecule has 0 aromatic heterocycles. The first-order chi connectivity index (χ1) is 11.0. The van der Waals surface area contributed by atoms with E-state index in [0.29, 0.717) is 11.5 Å². The highest BCUT2D eigenvalue weighted by Gasteiger charge is 2.35. The van der Waals surface area contributed by atoms with E-state index < -0.39 is 13.9 Å². The standard InChI is InChI=1S/C17H19O5P/c1-3-17(18)14(2)20-23(19,21-15-10-6-4-7-11-15)22-16-12-8-5-9-13-16/h4-14H,3H2,1-2H3. The van der Waals surface area contributed by atoms with Gasteiger partial charge in [-0.05, 0) is 31.2 Å². The molecule has 0 spiro atoms. The minimum Gasteiger partial charge on any atom is -0.395 e. The molecule has 0 saturated heterocycles. The molecule has 2 aromatic carbocycles. The van der Waals surface area contributed by atoms with Gasteiger partial charge in [0.1, 0.15) is 17.6 Å². The Morgan fingerprint density at radius 2 is 1.39 bits per heavy atom. The van der Waals surface area contributed by atoms with Gasteiger partial charge in [-0.3, -0.25) is 9.32 Å². The van der Waals surface area contributed by atoms with Gasteiger partial charge in [-0.2, -0.15) is 0 Å². The Kier molecular flexibility index (Phi) is 5.97. The second-order valence-electron chi connectivity index (χ2n) is 4.82. The van der Waals surface area contributed by atoms with E-state index >= 15 is 0 Å². The van der Waals surface area contributed by atoms with Crippen LogP contribution in [0.2, 0.25) is 0 Å². The number of Topliss-reactive ketones (excluding diaryl/α,β-unsaturated/α-hetero) is 1. The van der Waals surface area contributed by atoms with Crippen LogP contribution in [-0.2, 0) is 13.9 Å². The summed E-state index contributed by atoms with van der Waals surface area (Å²) in [7, 11) is -4.01. The van der Waals surface area contributed by atoms with E-state index in [1.165, 1.54) is 6.92 Å². The van der Waals surface area contributed by atoms with Crippen molar-refractivity contribution in [2.75, 3.05) is 0 Å². The number of carbonyl (C=O) groups is 1. The monoisotopic (exact) mass is 334 g/mol. The van der Waals surface area contributed by atoms with Crippen LogP contribution in [0.4, 0.5) is 0 Å². The maximum absolute atomic E-state index is 13.0. The normalized spacial score (nSPS) is 12.4. The van der Waals surface area contributed by atoms with Crippen molar-refractivity contribution in [3.63, 3.8) is 0 Å². The second kappa shape index (κ2) is 7.95. The quantitative estimate of drug-likeness (QED) is 0.658. The summed E-state index contributed by atoms with van der Waals surface area (Å²) in [6.45, 7) is 3.24. The van der Waals surface area contributed by atoms with Crippen molar-refractivity contribution in [3.05, 3.63) is 60.7 Å². The number of phosphoric ester groups is 1. The average Bonchev–Trinajstić information content (AvgIpc) is 2.55. The van der Waals surface area contributed by atoms with Crippen LogP contribution in [0, 0.1) is 0 Å². The van der Waals surface area contributed by atoms with Gasteiger partial charge < -0.3 is 9.05 Å². The fourth-order valence-electron chi connectivity index (χ4n) is 1.82. The molecule has 2 rings (SSSR count). The van der Waals surface area contributed by atoms with Gasteiger partial charge in [0, 0.05) is 6.42 Å². The van der Waals surface area contributed by atoms with Crippen molar-refractivity contribution in [1.29, 1.82) is 0 Å². The zero-order valence-electron chi connectivity index (χ0n) is 13.0. The Labute approximate surface area is 135 Å². The zero-order valence-corrected chi connectivity index (χ0v) is 13.9. The topological polar surface area (TPSA) is 61.8 Å². The molecular weight excluding hydrogens is 315 g/mol. The first-order valence-corrected chi connectivity index (χ1v) is 8.79. The smallest absolute Gasteiger partial charge is 0.395 e. The summed E-state index contributed by atoms with van der Waals surface area (Å²) in [5.74, 6) is 0.490. The van der Waals surface area contributed by atoms with Gasteiger partial charge in [0.05, 0.1) is 0 Å². The minimum absolute atomic E-state index is 0.182. The first-order valence-electron chi connectivity index (χ1n) is 7.33. The lowest BCUT2D eigenvalue weighted by Gasteiger charge is -2.21. The van der Waals surface area contributed by atoms with E-state index in [9.17, 15) is 9.36 Å². The van der Waals surface area contributed by atoms with Crippen LogP contribution in [0.3, 0.4) is 0 Å². The number of carbonyl (C=O) groups excluding carboxylic acids is 1. The summed E-state index contributed by atoms with van der Waals surface area (Å²) in [5, 5.41) is 0. The molecule has 23 heavy (non-hydrogen) atoms. The van der Waals surface area contributed by atoms with E-state index in [-0.39, 0.29) is 12.2 Å². The van der Waals surface area contributed by atoms with Crippen LogP contribution in [0.15, 0.2) is 60.7 Å². The van der Waals surface area contributed by atoms with Crippen LogP contribution in [0.1, 0.15) is 20.3 Å². The molecule has 0 bridgehead atoms. The van der Waals surface area contributed by atoms with Crippen LogP contribution >= 0.6 is 7.82 Å². The number of hydrogen-bond acceptors (Lipinski definition) is 5. The minimum atomic E-state index is -4.01. The number of ketones is 1. The average molecular weight is 334 g/mol. The number of benzene rings is 2. The van der Waals surface area contributed by atoms with Crippen molar-refractivity contribution in [3.8, 4) is 11.5 Å². The van der Waals surface area contributed by atoms with Crippen LogP contribution in [-0.4, -0.2) is 11.9 Å². The predicted molar refractivity (Wildman–Crippen MR) is 87.6 cm³/mol. The largest absolute Gasteiger partial charge is 0.588 e. The van der Waals surface area contributed by atoms with Crippen molar-refractivity contribution >= 4 is 13.6 Å². The van der Waals surface area contributed by atoms with Gasteiger partial charge in [0.2, 0.25) is 0 Å². The highest BCUT2D eigenvalue weighted by Crippen LogP contribution is 2.50. The summed E-state index contributed by atoms with van der Waals surface area (Å²) in [5.41, 5.74) is 0. The molecule has 0 fully saturated rings. The molecule has 0 aliphatic heterocycles. The fraction of sp³-hybridized carbons (Fsp3) is 0.235. The number of hydrogen-bond donors (Lipinski definition) is 0. The molecular formula is C17H19O5P. The summed E-state index contributed by atoms with van der Waals surface area (Å²) >= 11 is 0. The molecule has 0 aliphatic rings. The highest BCUT2D eigenvalue weighted by molar-refractivity contribution is 7.49. The molecule has 0 radical (unpaired) electrons. The Balaban J connectivity index is 2.22. The lowest BCUT2D eigenvalue weighted by Crippen LogP contribution is -2.21. The van der Waals surface area contributed by atoms with Gasteiger partial charge in [0.25, 0.3) is 0 Å². The maximum Gasteiger partial charge on any atom is 0.588 e. The van der Waals surface area contributed by atoms with Gasteiger partial charge in [-0.1, -0.05) is 43.3 Å².